The largest absolute Gasteiger partial charge is 0.303 e. The normalized spacial score (nSPS) is 21.3. The topological polar surface area (TPSA) is 20.3 Å². The van der Waals surface area contributed by atoms with Gasteiger partial charge in [0.15, 0.2) is 0 Å². The Morgan fingerprint density at radius 3 is 2.00 bits per heavy atom. The van der Waals surface area contributed by atoms with Crippen LogP contribution < -0.4 is 0 Å². The molecule has 0 aliphatic heterocycles. The van der Waals surface area contributed by atoms with Gasteiger partial charge >= 0.3 is 0 Å². The molecule has 0 saturated heterocycles. The molecule has 2 heteroatoms. The molecule has 1 rings (SSSR count). The fourth-order valence-corrected chi connectivity index (χ4v) is 2.64. The lowest BCUT2D eigenvalue weighted by Crippen LogP contribution is -2.38. The highest BCUT2D eigenvalue weighted by Gasteiger charge is 2.31. The van der Waals surface area contributed by atoms with Gasteiger partial charge in [-0.25, -0.2) is 0 Å². The van der Waals surface area contributed by atoms with Gasteiger partial charge in [-0.3, -0.25) is 0 Å². The Morgan fingerprint density at radius 2 is 1.60 bits per heavy atom. The van der Waals surface area contributed by atoms with Crippen LogP contribution in [0.5, 0.6) is 0 Å². The molecule has 1 aliphatic carbocycles. The van der Waals surface area contributed by atoms with Crippen molar-refractivity contribution in [3.63, 3.8) is 0 Å². The van der Waals surface area contributed by atoms with E-state index in [9.17, 15) is 4.79 Å². The molecular formula is C13H25NO. The third-order valence-corrected chi connectivity index (χ3v) is 3.78. The third-order valence-electron chi connectivity index (χ3n) is 3.78. The van der Waals surface area contributed by atoms with Crippen LogP contribution in [0, 0.1) is 5.41 Å². The van der Waals surface area contributed by atoms with E-state index in [1.54, 1.807) is 0 Å². The fourth-order valence-electron chi connectivity index (χ4n) is 2.64. The van der Waals surface area contributed by atoms with Crippen molar-refractivity contribution in [1.82, 2.24) is 4.90 Å². The van der Waals surface area contributed by atoms with Crippen molar-refractivity contribution in [2.45, 2.75) is 52.4 Å². The Labute approximate surface area is 94.0 Å². The van der Waals surface area contributed by atoms with Crippen LogP contribution in [0.1, 0.15) is 52.4 Å². The molecule has 0 amide bonds. The summed E-state index contributed by atoms with van der Waals surface area (Å²) in [5.74, 6) is 0. The van der Waals surface area contributed by atoms with Gasteiger partial charge in [-0.2, -0.15) is 0 Å². The first kappa shape index (κ1) is 12.7. The lowest BCUT2D eigenvalue weighted by Gasteiger charge is -2.32. The molecule has 2 nitrogen and oxygen atoms in total. The molecule has 15 heavy (non-hydrogen) atoms. The number of carbonyl (C=O) groups is 1. The van der Waals surface area contributed by atoms with Crippen LogP contribution in [0.3, 0.4) is 0 Å². The van der Waals surface area contributed by atoms with Crippen molar-refractivity contribution in [2.75, 3.05) is 19.6 Å². The molecule has 1 fully saturated rings. The lowest BCUT2D eigenvalue weighted by molar-refractivity contribution is -0.118. The van der Waals surface area contributed by atoms with E-state index in [4.69, 9.17) is 0 Å². The van der Waals surface area contributed by atoms with Crippen molar-refractivity contribution in [3.05, 3.63) is 0 Å². The van der Waals surface area contributed by atoms with Gasteiger partial charge < -0.3 is 9.69 Å². The Morgan fingerprint density at radius 1 is 1.07 bits per heavy atom. The first-order valence-electron chi connectivity index (χ1n) is 6.45. The molecule has 0 aromatic carbocycles. The van der Waals surface area contributed by atoms with Crippen molar-refractivity contribution < 1.29 is 4.79 Å². The van der Waals surface area contributed by atoms with E-state index in [1.165, 1.54) is 32.0 Å². The van der Waals surface area contributed by atoms with Crippen molar-refractivity contribution >= 4 is 6.29 Å². The van der Waals surface area contributed by atoms with Crippen LogP contribution in [0.2, 0.25) is 0 Å². The number of hydrogen-bond acceptors (Lipinski definition) is 2. The predicted molar refractivity (Wildman–Crippen MR) is 64.0 cm³/mol. The summed E-state index contributed by atoms with van der Waals surface area (Å²) in [6.45, 7) is 7.46. The highest BCUT2D eigenvalue weighted by atomic mass is 16.1. The van der Waals surface area contributed by atoms with Crippen LogP contribution in [0.4, 0.5) is 0 Å². The van der Waals surface area contributed by atoms with E-state index >= 15 is 0 Å². The van der Waals surface area contributed by atoms with E-state index in [2.05, 4.69) is 18.7 Å². The highest BCUT2D eigenvalue weighted by Crippen LogP contribution is 2.33. The Hall–Kier alpha value is -0.370. The fraction of sp³-hybridized carbons (Fsp3) is 0.923. The minimum atomic E-state index is -0.0253. The molecule has 0 aromatic heterocycles. The first-order valence-corrected chi connectivity index (χ1v) is 6.45. The zero-order valence-electron chi connectivity index (χ0n) is 10.3. The van der Waals surface area contributed by atoms with Gasteiger partial charge in [0, 0.05) is 12.0 Å². The molecule has 0 spiro atoms. The molecule has 0 aromatic rings. The van der Waals surface area contributed by atoms with Crippen LogP contribution in [-0.4, -0.2) is 30.8 Å². The number of nitrogens with zero attached hydrogens (tertiary/aromatic N) is 1. The maximum atomic E-state index is 11.4. The molecular weight excluding hydrogens is 186 g/mol. The zero-order chi connectivity index (χ0) is 11.1. The van der Waals surface area contributed by atoms with Gasteiger partial charge in [-0.1, -0.05) is 39.5 Å². The summed E-state index contributed by atoms with van der Waals surface area (Å²) in [5.41, 5.74) is -0.0253. The standard InChI is InChI=1S/C13H25NO/c1-3-14(4-2)11-13(12-15)9-7-5-6-8-10-13/h12H,3-11H2,1-2H3. The van der Waals surface area contributed by atoms with Gasteiger partial charge in [-0.15, -0.1) is 0 Å². The Bertz CT molecular complexity index is 179. The van der Waals surface area contributed by atoms with Crippen LogP contribution in [0.15, 0.2) is 0 Å². The van der Waals surface area contributed by atoms with Crippen molar-refractivity contribution in [2.24, 2.45) is 5.41 Å². The molecule has 0 atom stereocenters. The summed E-state index contributed by atoms with van der Waals surface area (Å²) in [4.78, 5) is 13.8. The summed E-state index contributed by atoms with van der Waals surface area (Å²) in [6, 6.07) is 0. The SMILES string of the molecule is CCN(CC)CC1(C=O)CCCCCC1. The van der Waals surface area contributed by atoms with Gasteiger partial charge in [0.25, 0.3) is 0 Å². The molecule has 0 unspecified atom stereocenters. The van der Waals surface area contributed by atoms with Gasteiger partial charge in [0.2, 0.25) is 0 Å². The van der Waals surface area contributed by atoms with Crippen LogP contribution in [-0.2, 0) is 4.79 Å². The van der Waals surface area contributed by atoms with Gasteiger partial charge in [0.05, 0.1) is 0 Å². The van der Waals surface area contributed by atoms with Crippen LogP contribution >= 0.6 is 0 Å². The summed E-state index contributed by atoms with van der Waals surface area (Å²) >= 11 is 0. The molecule has 0 bridgehead atoms. The van der Waals surface area contributed by atoms with Crippen molar-refractivity contribution in [3.8, 4) is 0 Å². The van der Waals surface area contributed by atoms with E-state index in [0.29, 0.717) is 0 Å². The maximum absolute atomic E-state index is 11.4. The van der Waals surface area contributed by atoms with Gasteiger partial charge in [0.1, 0.15) is 6.29 Å². The molecule has 1 saturated carbocycles. The quantitative estimate of drug-likeness (QED) is 0.515. The van der Waals surface area contributed by atoms with E-state index in [-0.39, 0.29) is 5.41 Å². The van der Waals surface area contributed by atoms with Gasteiger partial charge in [-0.05, 0) is 25.9 Å². The molecule has 1 aliphatic rings. The van der Waals surface area contributed by atoms with Crippen molar-refractivity contribution in [1.29, 1.82) is 0 Å². The number of rotatable bonds is 5. The summed E-state index contributed by atoms with van der Waals surface area (Å²) in [7, 11) is 0. The third kappa shape index (κ3) is 3.60. The van der Waals surface area contributed by atoms with E-state index in [0.717, 1.165) is 32.5 Å². The average molecular weight is 211 g/mol. The highest BCUT2D eigenvalue weighted by molar-refractivity contribution is 5.59. The minimum absolute atomic E-state index is 0.0253. The minimum Gasteiger partial charge on any atom is -0.303 e. The second-order valence-corrected chi connectivity index (χ2v) is 4.86. The smallest absolute Gasteiger partial charge is 0.127 e. The van der Waals surface area contributed by atoms with Crippen LogP contribution in [0.25, 0.3) is 0 Å². The Balaban J connectivity index is 2.60. The first-order chi connectivity index (χ1) is 7.26. The Kier molecular flexibility index (Phi) is 5.30. The summed E-state index contributed by atoms with van der Waals surface area (Å²) in [6.07, 6.45) is 8.55. The van der Waals surface area contributed by atoms with E-state index in [1.807, 2.05) is 0 Å². The zero-order valence-corrected chi connectivity index (χ0v) is 10.3. The van der Waals surface area contributed by atoms with E-state index < -0.39 is 0 Å². The predicted octanol–water partition coefficient (Wildman–Crippen LogP) is 2.87. The lowest BCUT2D eigenvalue weighted by atomic mass is 9.81. The summed E-state index contributed by atoms with van der Waals surface area (Å²) < 4.78 is 0. The number of aldehydes is 1. The molecule has 0 radical (unpaired) electrons. The second-order valence-electron chi connectivity index (χ2n) is 4.86. The molecule has 0 heterocycles. The maximum Gasteiger partial charge on any atom is 0.127 e. The molecule has 0 N–H and O–H groups in total. The average Bonchev–Trinajstić information content (AvgIpc) is 2.52. The second kappa shape index (κ2) is 6.26. The summed E-state index contributed by atoms with van der Waals surface area (Å²) in [5, 5.41) is 0. The monoisotopic (exact) mass is 211 g/mol. The molecule has 88 valence electrons. The number of hydrogen-bond donors (Lipinski definition) is 0. The number of carbonyl (C=O) groups excluding carboxylic acids is 1.